The largest absolute Gasteiger partial charge is 0.348 e. The van der Waals surface area contributed by atoms with Gasteiger partial charge in [0.25, 0.3) is 0 Å². The second-order valence-electron chi connectivity index (χ2n) is 4.44. The molecule has 2 rings (SSSR count). The molecule has 0 aliphatic heterocycles. The average Bonchev–Trinajstić information content (AvgIpc) is 2.46. The first-order chi connectivity index (χ1) is 9.18. The Hall–Kier alpha value is -1.74. The van der Waals surface area contributed by atoms with Crippen LogP contribution in [0.4, 0.5) is 0 Å². The Morgan fingerprint density at radius 1 is 0.947 bits per heavy atom. The molecule has 19 heavy (non-hydrogen) atoms. The lowest BCUT2D eigenvalue weighted by molar-refractivity contribution is -0.119. The lowest BCUT2D eigenvalue weighted by atomic mass is 9.98. The number of carbonyl (C=O) groups is 1. The molecular formula is C16H17NOS. The van der Waals surface area contributed by atoms with Crippen LogP contribution in [0.5, 0.6) is 0 Å². The van der Waals surface area contributed by atoms with Crippen molar-refractivity contribution in [1.29, 1.82) is 0 Å². The highest BCUT2D eigenvalue weighted by atomic mass is 32.1. The Morgan fingerprint density at radius 3 is 1.89 bits per heavy atom. The minimum Gasteiger partial charge on any atom is -0.348 e. The molecule has 2 atom stereocenters. The quantitative estimate of drug-likeness (QED) is 0.818. The summed E-state index contributed by atoms with van der Waals surface area (Å²) in [5.41, 5.74) is 2.15. The van der Waals surface area contributed by atoms with Crippen molar-refractivity contribution in [2.75, 3.05) is 0 Å². The number of benzene rings is 2. The Kier molecular flexibility index (Phi) is 4.63. The van der Waals surface area contributed by atoms with E-state index in [2.05, 4.69) is 17.9 Å². The van der Waals surface area contributed by atoms with E-state index in [-0.39, 0.29) is 17.2 Å². The lowest BCUT2D eigenvalue weighted by Gasteiger charge is -2.25. The van der Waals surface area contributed by atoms with Crippen molar-refractivity contribution < 1.29 is 4.79 Å². The third-order valence-corrected chi connectivity index (χ3v) is 3.57. The molecule has 0 spiro atoms. The highest BCUT2D eigenvalue weighted by Gasteiger charge is 2.22. The fraction of sp³-hybridized carbons (Fsp3) is 0.188. The number of nitrogens with one attached hydrogen (secondary N) is 1. The Morgan fingerprint density at radius 2 is 1.42 bits per heavy atom. The van der Waals surface area contributed by atoms with Gasteiger partial charge in [0.05, 0.1) is 11.3 Å². The van der Waals surface area contributed by atoms with E-state index in [0.29, 0.717) is 0 Å². The first-order valence-corrected chi connectivity index (χ1v) is 6.75. The Bertz CT molecular complexity index is 527. The molecule has 2 aromatic rings. The van der Waals surface area contributed by atoms with E-state index in [0.717, 1.165) is 11.1 Å². The highest BCUT2D eigenvalue weighted by molar-refractivity contribution is 7.80. The van der Waals surface area contributed by atoms with Crippen molar-refractivity contribution in [2.24, 2.45) is 0 Å². The lowest BCUT2D eigenvalue weighted by Crippen LogP contribution is -2.29. The number of carbonyl (C=O) groups excluding carboxylic acids is 1. The molecule has 1 N–H and O–H groups in total. The molecule has 0 saturated carbocycles. The van der Waals surface area contributed by atoms with Crippen LogP contribution in [0, 0.1) is 0 Å². The van der Waals surface area contributed by atoms with Crippen LogP contribution in [0.25, 0.3) is 0 Å². The fourth-order valence-electron chi connectivity index (χ4n) is 2.07. The van der Waals surface area contributed by atoms with Gasteiger partial charge in [0, 0.05) is 6.92 Å². The SMILES string of the molecule is CC(=O)N[C@H](c1ccccc1)[C@@H](S)c1ccccc1. The first-order valence-electron chi connectivity index (χ1n) is 6.23. The van der Waals surface area contributed by atoms with Gasteiger partial charge in [-0.1, -0.05) is 60.7 Å². The molecule has 3 heteroatoms. The molecule has 0 aliphatic rings. The molecule has 2 aromatic carbocycles. The van der Waals surface area contributed by atoms with Crippen LogP contribution >= 0.6 is 12.6 Å². The summed E-state index contributed by atoms with van der Waals surface area (Å²) in [4.78, 5) is 11.4. The summed E-state index contributed by atoms with van der Waals surface area (Å²) in [5.74, 6) is -0.0520. The zero-order chi connectivity index (χ0) is 13.7. The Labute approximate surface area is 119 Å². The summed E-state index contributed by atoms with van der Waals surface area (Å²) < 4.78 is 0. The van der Waals surface area contributed by atoms with Crippen molar-refractivity contribution in [3.8, 4) is 0 Å². The molecule has 0 aromatic heterocycles. The Balaban J connectivity index is 2.30. The van der Waals surface area contributed by atoms with Crippen LogP contribution in [-0.2, 0) is 4.79 Å². The van der Waals surface area contributed by atoms with E-state index in [1.54, 1.807) is 0 Å². The van der Waals surface area contributed by atoms with Crippen molar-refractivity contribution >= 4 is 18.5 Å². The fourth-order valence-corrected chi connectivity index (χ4v) is 2.49. The summed E-state index contributed by atoms with van der Waals surface area (Å²) in [7, 11) is 0. The van der Waals surface area contributed by atoms with E-state index in [1.807, 2.05) is 60.7 Å². The normalized spacial score (nSPS) is 13.6. The minimum atomic E-state index is -0.135. The summed E-state index contributed by atoms with van der Waals surface area (Å²) >= 11 is 4.69. The van der Waals surface area contributed by atoms with Gasteiger partial charge in [-0.3, -0.25) is 4.79 Å². The number of amides is 1. The standard InChI is InChI=1S/C16H17NOS/c1-12(18)17-15(13-8-4-2-5-9-13)16(19)14-10-6-3-7-11-14/h2-11,15-16,19H,1H3,(H,17,18)/t15-,16+/m1/s1. The van der Waals surface area contributed by atoms with Gasteiger partial charge in [-0.15, -0.1) is 0 Å². The van der Waals surface area contributed by atoms with Gasteiger partial charge < -0.3 is 5.32 Å². The molecular weight excluding hydrogens is 254 g/mol. The average molecular weight is 271 g/mol. The third-order valence-electron chi connectivity index (χ3n) is 2.97. The number of thiol groups is 1. The molecule has 0 aliphatic carbocycles. The van der Waals surface area contributed by atoms with E-state index < -0.39 is 0 Å². The van der Waals surface area contributed by atoms with Gasteiger partial charge >= 0.3 is 0 Å². The van der Waals surface area contributed by atoms with Crippen LogP contribution in [0.3, 0.4) is 0 Å². The number of rotatable bonds is 4. The van der Waals surface area contributed by atoms with Crippen LogP contribution in [-0.4, -0.2) is 5.91 Å². The molecule has 0 fully saturated rings. The monoisotopic (exact) mass is 271 g/mol. The maximum Gasteiger partial charge on any atom is 0.217 e. The van der Waals surface area contributed by atoms with E-state index in [9.17, 15) is 4.79 Å². The number of hydrogen-bond donors (Lipinski definition) is 2. The van der Waals surface area contributed by atoms with E-state index in [4.69, 9.17) is 0 Å². The third kappa shape index (κ3) is 3.61. The topological polar surface area (TPSA) is 29.1 Å². The zero-order valence-electron chi connectivity index (χ0n) is 10.8. The first kappa shape index (κ1) is 13.7. The van der Waals surface area contributed by atoms with Crippen molar-refractivity contribution in [1.82, 2.24) is 5.32 Å². The summed E-state index contributed by atoms with van der Waals surface area (Å²) in [6, 6.07) is 19.8. The van der Waals surface area contributed by atoms with Gasteiger partial charge in [0.1, 0.15) is 0 Å². The summed E-state index contributed by atoms with van der Waals surface area (Å²) in [6.45, 7) is 1.53. The number of hydrogen-bond acceptors (Lipinski definition) is 2. The van der Waals surface area contributed by atoms with Gasteiger partial charge in [0.2, 0.25) is 5.91 Å². The molecule has 98 valence electrons. The van der Waals surface area contributed by atoms with E-state index in [1.165, 1.54) is 6.92 Å². The van der Waals surface area contributed by atoms with Crippen molar-refractivity contribution in [3.05, 3.63) is 71.8 Å². The summed E-state index contributed by atoms with van der Waals surface area (Å²) in [5, 5.41) is 2.90. The molecule has 1 amide bonds. The smallest absolute Gasteiger partial charge is 0.217 e. The van der Waals surface area contributed by atoms with Gasteiger partial charge in [-0.25, -0.2) is 0 Å². The molecule has 0 heterocycles. The second-order valence-corrected chi connectivity index (χ2v) is 5.00. The maximum absolute atomic E-state index is 11.4. The highest BCUT2D eigenvalue weighted by Crippen LogP contribution is 2.33. The van der Waals surface area contributed by atoms with Crippen LogP contribution < -0.4 is 5.32 Å². The molecule has 0 saturated heterocycles. The van der Waals surface area contributed by atoms with Crippen LogP contribution in [0.1, 0.15) is 29.3 Å². The maximum atomic E-state index is 11.4. The van der Waals surface area contributed by atoms with Gasteiger partial charge in [0.15, 0.2) is 0 Å². The second kappa shape index (κ2) is 6.43. The van der Waals surface area contributed by atoms with Gasteiger partial charge in [-0.2, -0.15) is 12.6 Å². The van der Waals surface area contributed by atoms with Gasteiger partial charge in [-0.05, 0) is 11.1 Å². The minimum absolute atomic E-state index is 0.0520. The van der Waals surface area contributed by atoms with Crippen LogP contribution in [0.2, 0.25) is 0 Å². The molecule has 0 radical (unpaired) electrons. The molecule has 0 bridgehead atoms. The van der Waals surface area contributed by atoms with Crippen molar-refractivity contribution in [2.45, 2.75) is 18.2 Å². The predicted octanol–water partition coefficient (Wildman–Crippen LogP) is 3.53. The summed E-state index contributed by atoms with van der Waals surface area (Å²) in [6.07, 6.45) is 0. The van der Waals surface area contributed by atoms with E-state index >= 15 is 0 Å². The predicted molar refractivity (Wildman–Crippen MR) is 81.2 cm³/mol. The molecule has 2 nitrogen and oxygen atoms in total. The van der Waals surface area contributed by atoms with Crippen molar-refractivity contribution in [3.63, 3.8) is 0 Å². The molecule has 0 unspecified atom stereocenters. The zero-order valence-corrected chi connectivity index (χ0v) is 11.7. The van der Waals surface area contributed by atoms with Crippen LogP contribution in [0.15, 0.2) is 60.7 Å².